The Morgan fingerprint density at radius 2 is 1.73 bits per heavy atom. The van der Waals surface area contributed by atoms with Crippen LogP contribution in [0.15, 0.2) is 12.7 Å². The summed E-state index contributed by atoms with van der Waals surface area (Å²) in [5.41, 5.74) is 0. The molecule has 0 unspecified atom stereocenters. The van der Waals surface area contributed by atoms with Crippen molar-refractivity contribution < 1.29 is 24.8 Å². The van der Waals surface area contributed by atoms with E-state index in [0.717, 1.165) is 19.3 Å². The number of rotatable bonds is 13. The van der Waals surface area contributed by atoms with E-state index < -0.39 is 24.4 Å². The first-order valence-electron chi connectivity index (χ1n) is 8.51. The van der Waals surface area contributed by atoms with Crippen LogP contribution in [0.1, 0.15) is 51.4 Å². The van der Waals surface area contributed by atoms with Crippen molar-refractivity contribution in [2.45, 2.75) is 75.8 Å². The number of unbranched alkanes of at least 4 members (excludes halogenated alkanes) is 7. The number of hydrogen-bond donors (Lipinski definition) is 3. The van der Waals surface area contributed by atoms with Gasteiger partial charge in [-0.3, -0.25) is 0 Å². The fourth-order valence-corrected chi connectivity index (χ4v) is 2.64. The van der Waals surface area contributed by atoms with Gasteiger partial charge in [0.15, 0.2) is 0 Å². The Kier molecular flexibility index (Phi) is 10.7. The molecule has 22 heavy (non-hydrogen) atoms. The molecule has 1 aliphatic heterocycles. The van der Waals surface area contributed by atoms with Crippen LogP contribution in [0.4, 0.5) is 0 Å². The highest BCUT2D eigenvalue weighted by Crippen LogP contribution is 2.18. The predicted molar refractivity (Wildman–Crippen MR) is 85.7 cm³/mol. The lowest BCUT2D eigenvalue weighted by Crippen LogP contribution is -2.40. The summed E-state index contributed by atoms with van der Waals surface area (Å²) in [5, 5.41) is 28.8. The number of ether oxygens (including phenoxy) is 2. The third-order valence-corrected chi connectivity index (χ3v) is 4.06. The van der Waals surface area contributed by atoms with Crippen LogP contribution in [0.2, 0.25) is 0 Å². The molecule has 0 saturated carbocycles. The van der Waals surface area contributed by atoms with E-state index in [1.807, 2.05) is 6.08 Å². The molecule has 3 N–H and O–H groups in total. The van der Waals surface area contributed by atoms with Crippen LogP contribution in [0.3, 0.4) is 0 Å². The van der Waals surface area contributed by atoms with Crippen molar-refractivity contribution in [2.24, 2.45) is 0 Å². The fraction of sp³-hybridized carbons (Fsp3) is 0.882. The van der Waals surface area contributed by atoms with Crippen LogP contribution in [-0.2, 0) is 9.47 Å². The molecule has 0 bridgehead atoms. The van der Waals surface area contributed by atoms with Crippen molar-refractivity contribution in [1.29, 1.82) is 0 Å². The van der Waals surface area contributed by atoms with Crippen LogP contribution in [0.5, 0.6) is 0 Å². The smallest absolute Gasteiger partial charge is 0.114 e. The Bertz CT molecular complexity index is 284. The summed E-state index contributed by atoms with van der Waals surface area (Å²) in [6.45, 7) is 4.53. The van der Waals surface area contributed by atoms with Crippen molar-refractivity contribution in [2.75, 3.05) is 19.8 Å². The minimum absolute atomic E-state index is 0.0652. The van der Waals surface area contributed by atoms with Crippen LogP contribution in [0, 0.1) is 0 Å². The van der Waals surface area contributed by atoms with E-state index in [4.69, 9.17) is 9.47 Å². The second-order valence-electron chi connectivity index (χ2n) is 6.05. The molecule has 0 aromatic rings. The Labute approximate surface area is 133 Å². The maximum atomic E-state index is 9.85. The molecule has 130 valence electrons. The summed E-state index contributed by atoms with van der Waals surface area (Å²) in [4.78, 5) is 0. The van der Waals surface area contributed by atoms with Gasteiger partial charge in [0.1, 0.15) is 24.4 Å². The summed E-state index contributed by atoms with van der Waals surface area (Å²) in [6, 6.07) is 0. The number of hydrogen-bond acceptors (Lipinski definition) is 5. The third kappa shape index (κ3) is 7.70. The normalized spacial score (nSPS) is 26.2. The minimum atomic E-state index is -1.03. The van der Waals surface area contributed by atoms with Gasteiger partial charge in [-0.15, -0.1) is 6.58 Å². The van der Waals surface area contributed by atoms with Crippen molar-refractivity contribution in [1.82, 2.24) is 0 Å². The zero-order valence-electron chi connectivity index (χ0n) is 13.5. The Hall–Kier alpha value is -0.460. The lowest BCUT2D eigenvalue weighted by Gasteiger charge is -2.20. The maximum Gasteiger partial charge on any atom is 0.114 e. The van der Waals surface area contributed by atoms with Gasteiger partial charge in [0.2, 0.25) is 0 Å². The van der Waals surface area contributed by atoms with Gasteiger partial charge in [0.25, 0.3) is 0 Å². The summed E-state index contributed by atoms with van der Waals surface area (Å²) >= 11 is 0. The molecule has 0 spiro atoms. The lowest BCUT2D eigenvalue weighted by atomic mass is 10.1. The second-order valence-corrected chi connectivity index (χ2v) is 6.05. The van der Waals surface area contributed by atoms with Gasteiger partial charge in [-0.25, -0.2) is 0 Å². The highest BCUT2D eigenvalue weighted by atomic mass is 16.5. The van der Waals surface area contributed by atoms with Gasteiger partial charge in [-0.05, 0) is 19.3 Å². The summed E-state index contributed by atoms with van der Waals surface area (Å²) in [6.07, 6.45) is 7.93. The first-order chi connectivity index (χ1) is 10.7. The van der Waals surface area contributed by atoms with Gasteiger partial charge < -0.3 is 24.8 Å². The first kappa shape index (κ1) is 19.6. The molecule has 0 aromatic heterocycles. The van der Waals surface area contributed by atoms with Gasteiger partial charge in [0.05, 0.1) is 13.2 Å². The molecule has 1 heterocycles. The molecule has 0 aliphatic carbocycles. The van der Waals surface area contributed by atoms with Gasteiger partial charge in [-0.1, -0.05) is 38.2 Å². The van der Waals surface area contributed by atoms with Gasteiger partial charge in [0, 0.05) is 6.61 Å². The monoisotopic (exact) mass is 316 g/mol. The van der Waals surface area contributed by atoms with E-state index in [2.05, 4.69) is 6.58 Å². The first-order valence-corrected chi connectivity index (χ1v) is 8.51. The molecule has 4 atom stereocenters. The van der Waals surface area contributed by atoms with Crippen LogP contribution in [-0.4, -0.2) is 59.6 Å². The van der Waals surface area contributed by atoms with Crippen molar-refractivity contribution >= 4 is 0 Å². The average Bonchev–Trinajstić information content (AvgIpc) is 2.84. The highest BCUT2D eigenvalue weighted by molar-refractivity contribution is 4.87. The zero-order valence-corrected chi connectivity index (χ0v) is 13.5. The molecule has 1 rings (SSSR count). The van der Waals surface area contributed by atoms with Crippen LogP contribution < -0.4 is 0 Å². The Balaban J connectivity index is 1.88. The summed E-state index contributed by atoms with van der Waals surface area (Å²) in [5.74, 6) is 0. The largest absolute Gasteiger partial charge is 0.388 e. The van der Waals surface area contributed by atoms with Crippen molar-refractivity contribution in [3.8, 4) is 0 Å². The standard InChI is InChI=1S/C17H32O5/c1-2-3-4-5-6-7-8-9-10-11-21-12-15(19)17-16(20)14(18)13-22-17/h2,14-20H,1,3-13H2/t14-,15+,16-,17-/m1/s1. The number of aliphatic hydroxyl groups is 3. The topological polar surface area (TPSA) is 79.2 Å². The predicted octanol–water partition coefficient (Wildman–Crippen LogP) is 1.79. The van der Waals surface area contributed by atoms with Crippen molar-refractivity contribution in [3.05, 3.63) is 12.7 Å². The molecule has 0 aromatic carbocycles. The SMILES string of the molecule is C=CCCCCCCCCCOC[C@H](O)[C@H]1OC[C@@H](O)[C@H]1O. The molecule has 1 saturated heterocycles. The Morgan fingerprint density at radius 3 is 2.32 bits per heavy atom. The lowest BCUT2D eigenvalue weighted by molar-refractivity contribution is -0.0813. The number of allylic oxidation sites excluding steroid dienone is 1. The third-order valence-electron chi connectivity index (χ3n) is 4.06. The maximum absolute atomic E-state index is 9.85. The molecule has 5 heteroatoms. The summed E-state index contributed by atoms with van der Waals surface area (Å²) < 4.78 is 10.6. The van der Waals surface area contributed by atoms with E-state index >= 15 is 0 Å². The Morgan fingerprint density at radius 1 is 1.09 bits per heavy atom. The van der Waals surface area contributed by atoms with Gasteiger partial charge in [-0.2, -0.15) is 0 Å². The van der Waals surface area contributed by atoms with E-state index in [1.165, 1.54) is 32.1 Å². The number of aliphatic hydroxyl groups excluding tert-OH is 3. The zero-order chi connectivity index (χ0) is 16.2. The van der Waals surface area contributed by atoms with Crippen molar-refractivity contribution in [3.63, 3.8) is 0 Å². The molecule has 0 amide bonds. The fourth-order valence-electron chi connectivity index (χ4n) is 2.64. The van der Waals surface area contributed by atoms with E-state index in [0.29, 0.717) is 6.61 Å². The molecule has 0 radical (unpaired) electrons. The minimum Gasteiger partial charge on any atom is -0.388 e. The van der Waals surface area contributed by atoms with E-state index in [1.54, 1.807) is 0 Å². The van der Waals surface area contributed by atoms with Gasteiger partial charge >= 0.3 is 0 Å². The summed E-state index contributed by atoms with van der Waals surface area (Å²) in [7, 11) is 0. The molecule has 1 aliphatic rings. The molecular formula is C17H32O5. The molecular weight excluding hydrogens is 284 g/mol. The average molecular weight is 316 g/mol. The molecule has 5 nitrogen and oxygen atoms in total. The van der Waals surface area contributed by atoms with Crippen LogP contribution >= 0.6 is 0 Å². The van der Waals surface area contributed by atoms with Crippen LogP contribution in [0.25, 0.3) is 0 Å². The highest BCUT2D eigenvalue weighted by Gasteiger charge is 2.39. The van der Waals surface area contributed by atoms with E-state index in [-0.39, 0.29) is 13.2 Å². The quantitative estimate of drug-likeness (QED) is 0.357. The van der Waals surface area contributed by atoms with E-state index in [9.17, 15) is 15.3 Å². The molecule has 1 fully saturated rings. The second kappa shape index (κ2) is 12.0.